The monoisotopic (exact) mass is 669 g/mol. The molecule has 1 aliphatic heterocycles. The highest BCUT2D eigenvalue weighted by Crippen LogP contribution is 2.36. The molecule has 5 aromatic rings. The maximum atomic E-state index is 14.3. The van der Waals surface area contributed by atoms with E-state index in [0.717, 1.165) is 26.6 Å². The third-order valence-corrected chi connectivity index (χ3v) is 9.35. The van der Waals surface area contributed by atoms with Crippen molar-refractivity contribution < 1.29 is 14.3 Å². The molecule has 0 unspecified atom stereocenters. The molecule has 3 aromatic carbocycles. The second kappa shape index (κ2) is 12.4. The highest BCUT2D eigenvalue weighted by atomic mass is 79.9. The lowest BCUT2D eigenvalue weighted by Gasteiger charge is -2.26. The summed E-state index contributed by atoms with van der Waals surface area (Å²) in [6.45, 7) is 8.91. The molecular formula is C35H32BrN3O4S. The Morgan fingerprint density at radius 2 is 1.73 bits per heavy atom. The third-order valence-electron chi connectivity index (χ3n) is 7.84. The zero-order valence-electron chi connectivity index (χ0n) is 25.0. The Morgan fingerprint density at radius 1 is 1.00 bits per heavy atom. The Balaban J connectivity index is 1.56. The first kappa shape index (κ1) is 29.8. The molecule has 1 atom stereocenters. The molecule has 0 aliphatic carbocycles. The van der Waals surface area contributed by atoms with Crippen molar-refractivity contribution in [2.75, 3.05) is 13.2 Å². The molecule has 7 nitrogen and oxygen atoms in total. The second-order valence-electron chi connectivity index (χ2n) is 10.5. The minimum atomic E-state index is -0.741. The Kier molecular flexibility index (Phi) is 8.42. The van der Waals surface area contributed by atoms with Crippen molar-refractivity contribution in [1.29, 1.82) is 0 Å². The summed E-state index contributed by atoms with van der Waals surface area (Å²) in [7, 11) is 0. The van der Waals surface area contributed by atoms with E-state index in [0.29, 0.717) is 45.1 Å². The highest BCUT2D eigenvalue weighted by Gasteiger charge is 2.35. The molecular weight excluding hydrogens is 638 g/mol. The molecule has 0 saturated heterocycles. The summed E-state index contributed by atoms with van der Waals surface area (Å²) in [4.78, 5) is 32.9. The van der Waals surface area contributed by atoms with Crippen LogP contribution >= 0.6 is 27.3 Å². The van der Waals surface area contributed by atoms with Gasteiger partial charge >= 0.3 is 5.97 Å². The minimum Gasteiger partial charge on any atom is -0.494 e. The lowest BCUT2D eigenvalue weighted by molar-refractivity contribution is -0.139. The van der Waals surface area contributed by atoms with Gasteiger partial charge in [0.25, 0.3) is 5.56 Å². The number of halogens is 1. The molecule has 0 N–H and O–H groups in total. The largest absolute Gasteiger partial charge is 0.494 e. The number of allylic oxidation sites excluding steroid dienone is 1. The average Bonchev–Trinajstić information content (AvgIpc) is 3.46. The van der Waals surface area contributed by atoms with Crippen LogP contribution in [0, 0.1) is 6.92 Å². The quantitative estimate of drug-likeness (QED) is 0.183. The summed E-state index contributed by atoms with van der Waals surface area (Å²) in [5, 5.41) is 1.06. The van der Waals surface area contributed by atoms with Gasteiger partial charge in [0.15, 0.2) is 4.80 Å². The number of hydrogen-bond acceptors (Lipinski definition) is 6. The standard InChI is InChI=1S/C35H32BrN3O4S/c1-5-42-29-14-10-8-12-26(29)32-31(34(41)43-6-2)21(3)37-35-39(32)33(40)30(44-35)19-27-22(4)38(28-13-9-7-11-25(27)28)20-23-15-17-24(36)18-16-23/h7-19,32H,5-6,20H2,1-4H3/b30-19-/t32-/m0/s1. The van der Waals surface area contributed by atoms with Crippen molar-refractivity contribution in [3.8, 4) is 5.75 Å². The van der Waals surface area contributed by atoms with E-state index in [-0.39, 0.29) is 12.2 Å². The molecule has 9 heteroatoms. The first-order chi connectivity index (χ1) is 21.3. The fourth-order valence-corrected chi connectivity index (χ4v) is 7.12. The Hall–Kier alpha value is -4.21. The predicted octanol–water partition coefficient (Wildman–Crippen LogP) is 6.27. The summed E-state index contributed by atoms with van der Waals surface area (Å²) in [5.74, 6) is 0.115. The molecule has 3 heterocycles. The molecule has 224 valence electrons. The summed E-state index contributed by atoms with van der Waals surface area (Å²) in [6.07, 6.45) is 1.97. The Bertz CT molecular complexity index is 2100. The van der Waals surface area contributed by atoms with Crippen LogP contribution in [-0.4, -0.2) is 28.3 Å². The predicted molar refractivity (Wildman–Crippen MR) is 178 cm³/mol. The first-order valence-electron chi connectivity index (χ1n) is 14.6. The Labute approximate surface area is 267 Å². The average molecular weight is 671 g/mol. The number of para-hydroxylation sites is 2. The van der Waals surface area contributed by atoms with Crippen LogP contribution in [0.25, 0.3) is 17.0 Å². The van der Waals surface area contributed by atoms with Gasteiger partial charge in [-0.2, -0.15) is 0 Å². The van der Waals surface area contributed by atoms with E-state index in [1.165, 1.54) is 16.9 Å². The normalized spacial score (nSPS) is 14.9. The van der Waals surface area contributed by atoms with Crippen molar-refractivity contribution in [1.82, 2.24) is 9.13 Å². The summed E-state index contributed by atoms with van der Waals surface area (Å²) < 4.78 is 16.9. The van der Waals surface area contributed by atoms with E-state index >= 15 is 0 Å². The lowest BCUT2D eigenvalue weighted by atomic mass is 9.95. The number of fused-ring (bicyclic) bond motifs is 2. The molecule has 0 saturated carbocycles. The number of nitrogens with zero attached hydrogens (tertiary/aromatic N) is 3. The van der Waals surface area contributed by atoms with Crippen LogP contribution in [0.5, 0.6) is 5.75 Å². The number of carbonyl (C=O) groups excluding carboxylic acids is 1. The molecule has 0 radical (unpaired) electrons. The summed E-state index contributed by atoms with van der Waals surface area (Å²) in [5.41, 5.74) is 5.66. The molecule has 6 rings (SSSR count). The fourth-order valence-electron chi connectivity index (χ4n) is 5.83. The van der Waals surface area contributed by atoms with Crippen LogP contribution in [0.1, 0.15) is 49.2 Å². The number of thiazole rings is 1. The van der Waals surface area contributed by atoms with E-state index in [4.69, 9.17) is 14.5 Å². The van der Waals surface area contributed by atoms with Gasteiger partial charge in [0.2, 0.25) is 0 Å². The van der Waals surface area contributed by atoms with E-state index < -0.39 is 12.0 Å². The lowest BCUT2D eigenvalue weighted by Crippen LogP contribution is -2.40. The van der Waals surface area contributed by atoms with Crippen LogP contribution < -0.4 is 19.6 Å². The smallest absolute Gasteiger partial charge is 0.338 e. The molecule has 0 fully saturated rings. The van der Waals surface area contributed by atoms with Crippen LogP contribution in [0.4, 0.5) is 0 Å². The van der Waals surface area contributed by atoms with E-state index in [1.807, 2.05) is 61.5 Å². The molecule has 1 aliphatic rings. The van der Waals surface area contributed by atoms with Crippen molar-refractivity contribution in [3.05, 3.63) is 131 Å². The number of aromatic nitrogens is 2. The van der Waals surface area contributed by atoms with E-state index in [9.17, 15) is 9.59 Å². The van der Waals surface area contributed by atoms with Gasteiger partial charge in [-0.25, -0.2) is 9.79 Å². The first-order valence-corrected chi connectivity index (χ1v) is 16.2. The van der Waals surface area contributed by atoms with Crippen LogP contribution in [0.15, 0.2) is 98.3 Å². The van der Waals surface area contributed by atoms with Gasteiger partial charge in [0.05, 0.1) is 29.0 Å². The van der Waals surface area contributed by atoms with Crippen molar-refractivity contribution >= 4 is 50.2 Å². The van der Waals surface area contributed by atoms with Gasteiger partial charge in [-0.15, -0.1) is 0 Å². The number of ether oxygens (including phenoxy) is 2. The number of carbonyl (C=O) groups is 1. The second-order valence-corrected chi connectivity index (χ2v) is 12.4. The zero-order chi connectivity index (χ0) is 31.0. The van der Waals surface area contributed by atoms with Gasteiger partial charge in [-0.1, -0.05) is 75.8 Å². The molecule has 44 heavy (non-hydrogen) atoms. The van der Waals surface area contributed by atoms with Gasteiger partial charge in [-0.3, -0.25) is 9.36 Å². The molecule has 0 bridgehead atoms. The van der Waals surface area contributed by atoms with Crippen LogP contribution in [-0.2, 0) is 16.1 Å². The van der Waals surface area contributed by atoms with Crippen molar-refractivity contribution in [2.24, 2.45) is 4.99 Å². The maximum absolute atomic E-state index is 14.3. The number of benzene rings is 3. The van der Waals surface area contributed by atoms with Gasteiger partial charge < -0.3 is 14.0 Å². The van der Waals surface area contributed by atoms with Gasteiger partial charge in [0.1, 0.15) is 11.8 Å². The minimum absolute atomic E-state index is 0.212. The van der Waals surface area contributed by atoms with Crippen LogP contribution in [0.2, 0.25) is 0 Å². The number of rotatable bonds is 8. The van der Waals surface area contributed by atoms with Crippen molar-refractivity contribution in [3.63, 3.8) is 0 Å². The zero-order valence-corrected chi connectivity index (χ0v) is 27.4. The SMILES string of the molecule is CCOC(=O)C1=C(C)N=c2s/c(=C\c3c(C)n(Cc4ccc(Br)cc4)c4ccccc34)c(=O)n2[C@H]1c1ccccc1OCC. The maximum Gasteiger partial charge on any atom is 0.338 e. The number of hydrogen-bond donors (Lipinski definition) is 0. The highest BCUT2D eigenvalue weighted by molar-refractivity contribution is 9.10. The number of esters is 1. The molecule has 2 aromatic heterocycles. The summed E-state index contributed by atoms with van der Waals surface area (Å²) in [6, 6.07) is 23.3. The van der Waals surface area contributed by atoms with Crippen molar-refractivity contribution in [2.45, 2.75) is 40.3 Å². The van der Waals surface area contributed by atoms with Crippen LogP contribution in [0.3, 0.4) is 0 Å². The third kappa shape index (κ3) is 5.35. The molecule has 0 amide bonds. The van der Waals surface area contributed by atoms with E-state index in [2.05, 4.69) is 51.7 Å². The Morgan fingerprint density at radius 3 is 2.48 bits per heavy atom. The van der Waals surface area contributed by atoms with Gasteiger partial charge in [0, 0.05) is 38.7 Å². The van der Waals surface area contributed by atoms with E-state index in [1.54, 1.807) is 18.4 Å². The molecule has 0 spiro atoms. The van der Waals surface area contributed by atoms with Gasteiger partial charge in [-0.05, 0) is 63.6 Å². The topological polar surface area (TPSA) is 74.8 Å². The fraction of sp³-hybridized carbons (Fsp3) is 0.229. The summed E-state index contributed by atoms with van der Waals surface area (Å²) >= 11 is 4.85.